The van der Waals surface area contributed by atoms with Crippen LogP contribution in [0.5, 0.6) is 0 Å². The molecule has 2 rings (SSSR count). The molecule has 0 bridgehead atoms. The second-order valence-corrected chi connectivity index (χ2v) is 5.24. The normalized spacial score (nSPS) is 16.0. The molecular formula is C16H18N2O3. The van der Waals surface area contributed by atoms with Crippen molar-refractivity contribution < 1.29 is 14.3 Å². The van der Waals surface area contributed by atoms with Crippen LogP contribution in [0, 0.1) is 17.2 Å². The Labute approximate surface area is 123 Å². The number of carbonyl (C=O) groups excluding carboxylic acids is 2. The lowest BCUT2D eigenvalue weighted by atomic mass is 10.1. The van der Waals surface area contributed by atoms with Crippen LogP contribution in [0.15, 0.2) is 24.3 Å². The Morgan fingerprint density at radius 2 is 1.90 bits per heavy atom. The summed E-state index contributed by atoms with van der Waals surface area (Å²) in [5, 5.41) is 11.4. The first kappa shape index (κ1) is 15.0. The molecule has 1 amide bonds. The van der Waals surface area contributed by atoms with E-state index in [0.717, 1.165) is 25.7 Å². The van der Waals surface area contributed by atoms with E-state index in [1.54, 1.807) is 31.2 Å². The summed E-state index contributed by atoms with van der Waals surface area (Å²) in [5.41, 5.74) is 1.09. The van der Waals surface area contributed by atoms with E-state index < -0.39 is 6.10 Å². The number of amides is 1. The van der Waals surface area contributed by atoms with Crippen molar-refractivity contribution in [2.24, 2.45) is 5.92 Å². The first-order valence-corrected chi connectivity index (χ1v) is 7.11. The average molecular weight is 286 g/mol. The molecule has 1 N–H and O–H groups in total. The van der Waals surface area contributed by atoms with Crippen molar-refractivity contribution in [3.8, 4) is 6.07 Å². The van der Waals surface area contributed by atoms with Crippen LogP contribution in [-0.2, 0) is 14.3 Å². The Morgan fingerprint density at radius 3 is 2.48 bits per heavy atom. The molecule has 1 fully saturated rings. The Morgan fingerprint density at radius 1 is 1.29 bits per heavy atom. The molecule has 0 radical (unpaired) electrons. The van der Waals surface area contributed by atoms with E-state index in [1.807, 2.05) is 6.07 Å². The number of rotatable bonds is 4. The minimum atomic E-state index is -0.825. The number of anilines is 1. The molecule has 1 atom stereocenters. The van der Waals surface area contributed by atoms with Crippen LogP contribution in [0.3, 0.4) is 0 Å². The minimum Gasteiger partial charge on any atom is -0.452 e. The molecule has 0 saturated heterocycles. The first-order valence-electron chi connectivity index (χ1n) is 7.11. The highest BCUT2D eigenvalue weighted by Crippen LogP contribution is 2.26. The Balaban J connectivity index is 1.86. The number of nitrogens with one attached hydrogen (secondary N) is 1. The van der Waals surface area contributed by atoms with Crippen LogP contribution in [-0.4, -0.2) is 18.0 Å². The summed E-state index contributed by atoms with van der Waals surface area (Å²) in [6.45, 7) is 1.56. The summed E-state index contributed by atoms with van der Waals surface area (Å²) in [5.74, 6) is -0.712. The maximum Gasteiger partial charge on any atom is 0.309 e. The van der Waals surface area contributed by atoms with E-state index >= 15 is 0 Å². The van der Waals surface area contributed by atoms with Crippen LogP contribution in [0.25, 0.3) is 0 Å². The summed E-state index contributed by atoms with van der Waals surface area (Å²) in [7, 11) is 0. The summed E-state index contributed by atoms with van der Waals surface area (Å²) < 4.78 is 5.21. The first-order chi connectivity index (χ1) is 10.1. The minimum absolute atomic E-state index is 0.0600. The van der Waals surface area contributed by atoms with Gasteiger partial charge in [0, 0.05) is 5.69 Å². The van der Waals surface area contributed by atoms with Gasteiger partial charge in [-0.05, 0) is 44.0 Å². The van der Waals surface area contributed by atoms with Gasteiger partial charge in [-0.2, -0.15) is 5.26 Å². The molecule has 5 heteroatoms. The van der Waals surface area contributed by atoms with Crippen molar-refractivity contribution in [2.75, 3.05) is 5.32 Å². The number of benzene rings is 1. The molecule has 1 aliphatic rings. The molecule has 5 nitrogen and oxygen atoms in total. The van der Waals surface area contributed by atoms with E-state index in [1.165, 1.54) is 0 Å². The van der Waals surface area contributed by atoms with Gasteiger partial charge in [0.05, 0.1) is 17.6 Å². The molecule has 1 aromatic rings. The van der Waals surface area contributed by atoms with Crippen molar-refractivity contribution in [2.45, 2.75) is 38.7 Å². The highest BCUT2D eigenvalue weighted by atomic mass is 16.5. The third-order valence-electron chi connectivity index (χ3n) is 3.63. The fraction of sp³-hybridized carbons (Fsp3) is 0.438. The van der Waals surface area contributed by atoms with E-state index in [9.17, 15) is 9.59 Å². The fourth-order valence-corrected chi connectivity index (χ4v) is 2.36. The van der Waals surface area contributed by atoms with Crippen molar-refractivity contribution in [3.63, 3.8) is 0 Å². The van der Waals surface area contributed by atoms with Crippen LogP contribution in [0.4, 0.5) is 5.69 Å². The van der Waals surface area contributed by atoms with Gasteiger partial charge in [0.2, 0.25) is 0 Å². The summed E-state index contributed by atoms with van der Waals surface area (Å²) >= 11 is 0. The van der Waals surface area contributed by atoms with E-state index in [-0.39, 0.29) is 17.8 Å². The molecule has 1 saturated carbocycles. The maximum absolute atomic E-state index is 12.0. The van der Waals surface area contributed by atoms with Crippen molar-refractivity contribution in [3.05, 3.63) is 29.8 Å². The lowest BCUT2D eigenvalue weighted by molar-refractivity contribution is -0.157. The number of esters is 1. The molecule has 110 valence electrons. The number of nitrogens with zero attached hydrogens (tertiary/aromatic N) is 1. The van der Waals surface area contributed by atoms with Crippen LogP contribution < -0.4 is 5.32 Å². The zero-order valence-corrected chi connectivity index (χ0v) is 12.0. The van der Waals surface area contributed by atoms with Gasteiger partial charge < -0.3 is 10.1 Å². The summed E-state index contributed by atoms with van der Waals surface area (Å²) in [4.78, 5) is 23.8. The fourth-order valence-electron chi connectivity index (χ4n) is 2.36. The third-order valence-corrected chi connectivity index (χ3v) is 3.63. The zero-order valence-electron chi connectivity index (χ0n) is 12.0. The highest BCUT2D eigenvalue weighted by molar-refractivity contribution is 5.95. The van der Waals surface area contributed by atoms with Gasteiger partial charge in [-0.15, -0.1) is 0 Å². The number of hydrogen-bond donors (Lipinski definition) is 1. The second-order valence-electron chi connectivity index (χ2n) is 5.24. The second kappa shape index (κ2) is 6.89. The molecule has 21 heavy (non-hydrogen) atoms. The van der Waals surface area contributed by atoms with Crippen molar-refractivity contribution in [1.29, 1.82) is 5.26 Å². The predicted molar refractivity (Wildman–Crippen MR) is 77.3 cm³/mol. The van der Waals surface area contributed by atoms with Crippen LogP contribution >= 0.6 is 0 Å². The molecule has 0 unspecified atom stereocenters. The van der Waals surface area contributed by atoms with Gasteiger partial charge >= 0.3 is 5.97 Å². The smallest absolute Gasteiger partial charge is 0.309 e. The van der Waals surface area contributed by atoms with Crippen molar-refractivity contribution >= 4 is 17.6 Å². The van der Waals surface area contributed by atoms with Gasteiger partial charge in [-0.1, -0.05) is 12.8 Å². The molecule has 0 aliphatic heterocycles. The predicted octanol–water partition coefficient (Wildman–Crippen LogP) is 2.62. The van der Waals surface area contributed by atoms with E-state index in [0.29, 0.717) is 11.3 Å². The number of carbonyl (C=O) groups is 2. The zero-order chi connectivity index (χ0) is 15.2. The lowest BCUT2D eigenvalue weighted by Crippen LogP contribution is -2.31. The number of nitriles is 1. The molecule has 0 spiro atoms. The molecule has 0 heterocycles. The lowest BCUT2D eigenvalue weighted by Gasteiger charge is -2.16. The Bertz CT molecular complexity index is 554. The van der Waals surface area contributed by atoms with E-state index in [4.69, 9.17) is 10.00 Å². The molecule has 1 aliphatic carbocycles. The largest absolute Gasteiger partial charge is 0.452 e. The topological polar surface area (TPSA) is 79.2 Å². The van der Waals surface area contributed by atoms with Gasteiger partial charge in [-0.3, -0.25) is 9.59 Å². The third kappa shape index (κ3) is 4.06. The van der Waals surface area contributed by atoms with Crippen LogP contribution in [0.1, 0.15) is 38.2 Å². The van der Waals surface area contributed by atoms with Crippen LogP contribution in [0.2, 0.25) is 0 Å². The average Bonchev–Trinajstić information content (AvgIpc) is 3.02. The van der Waals surface area contributed by atoms with Gasteiger partial charge in [0.15, 0.2) is 6.10 Å². The van der Waals surface area contributed by atoms with E-state index in [2.05, 4.69) is 5.32 Å². The number of hydrogen-bond acceptors (Lipinski definition) is 4. The summed E-state index contributed by atoms with van der Waals surface area (Å²) in [6.07, 6.45) is 2.97. The highest BCUT2D eigenvalue weighted by Gasteiger charge is 2.27. The van der Waals surface area contributed by atoms with Gasteiger partial charge in [-0.25, -0.2) is 0 Å². The van der Waals surface area contributed by atoms with Gasteiger partial charge in [0.1, 0.15) is 0 Å². The molecule has 1 aromatic carbocycles. The monoisotopic (exact) mass is 286 g/mol. The van der Waals surface area contributed by atoms with Crippen molar-refractivity contribution in [1.82, 2.24) is 0 Å². The Kier molecular flexibility index (Phi) is 4.94. The molecular weight excluding hydrogens is 268 g/mol. The summed E-state index contributed by atoms with van der Waals surface area (Å²) in [6, 6.07) is 8.52. The maximum atomic E-state index is 12.0. The Hall–Kier alpha value is -2.35. The quantitative estimate of drug-likeness (QED) is 0.863. The SMILES string of the molecule is C[C@@H](OC(=O)C1CCCC1)C(=O)Nc1ccc(C#N)cc1. The molecule has 0 aromatic heterocycles. The number of ether oxygens (including phenoxy) is 1. The standard InChI is InChI=1S/C16H18N2O3/c1-11(21-16(20)13-4-2-3-5-13)15(19)18-14-8-6-12(10-17)7-9-14/h6-9,11,13H,2-5H2,1H3,(H,18,19)/t11-/m1/s1. The van der Waals surface area contributed by atoms with Gasteiger partial charge in [0.25, 0.3) is 5.91 Å².